The highest BCUT2D eigenvalue weighted by atomic mass is 127. The summed E-state index contributed by atoms with van der Waals surface area (Å²) in [6, 6.07) is 13.3. The standard InChI is InChI=1S/C16H20N4O2.HI/c1-20(2)16(18-10-12-6-4-3-5-7-12)19-11-13-8-9-14(22-13)15(17)21;/h3-9H,10-11H2,1-2H3,(H2,17,21)(H,18,19);1H. The van der Waals surface area contributed by atoms with E-state index in [2.05, 4.69) is 10.3 Å². The molecule has 0 saturated carbocycles. The van der Waals surface area contributed by atoms with Gasteiger partial charge in [0.05, 0.1) is 13.1 Å². The van der Waals surface area contributed by atoms with E-state index in [4.69, 9.17) is 10.2 Å². The molecule has 1 aromatic heterocycles. The molecule has 0 atom stereocenters. The van der Waals surface area contributed by atoms with Crippen LogP contribution in [0.25, 0.3) is 0 Å². The van der Waals surface area contributed by atoms with Crippen molar-refractivity contribution >= 4 is 35.8 Å². The average Bonchev–Trinajstić information content (AvgIpc) is 2.97. The van der Waals surface area contributed by atoms with Gasteiger partial charge in [-0.3, -0.25) is 4.79 Å². The Kier molecular flexibility index (Phi) is 7.60. The molecule has 7 heteroatoms. The number of carbonyl (C=O) groups is 1. The van der Waals surface area contributed by atoms with Gasteiger partial charge in [0.1, 0.15) is 5.76 Å². The number of nitrogens with one attached hydrogen (secondary N) is 1. The number of aliphatic imine (C=N–C) groups is 1. The van der Waals surface area contributed by atoms with Gasteiger partial charge in [-0.1, -0.05) is 30.3 Å². The number of nitrogens with zero attached hydrogens (tertiary/aromatic N) is 2. The fraction of sp³-hybridized carbons (Fsp3) is 0.250. The number of halogens is 1. The third kappa shape index (κ3) is 5.93. The van der Waals surface area contributed by atoms with Gasteiger partial charge in [0.15, 0.2) is 11.7 Å². The highest BCUT2D eigenvalue weighted by molar-refractivity contribution is 14.0. The van der Waals surface area contributed by atoms with Gasteiger partial charge in [0.25, 0.3) is 5.91 Å². The number of guanidine groups is 1. The number of primary amides is 1. The number of amides is 1. The Morgan fingerprint density at radius 3 is 2.48 bits per heavy atom. The molecule has 0 bridgehead atoms. The molecule has 2 rings (SSSR count). The molecular weight excluding hydrogens is 407 g/mol. The van der Waals surface area contributed by atoms with Crippen molar-refractivity contribution in [2.75, 3.05) is 14.1 Å². The first-order valence-corrected chi connectivity index (χ1v) is 6.94. The largest absolute Gasteiger partial charge is 0.454 e. The first-order chi connectivity index (χ1) is 10.6. The molecule has 2 aromatic rings. The van der Waals surface area contributed by atoms with E-state index in [1.807, 2.05) is 49.3 Å². The fourth-order valence-corrected chi connectivity index (χ4v) is 1.88. The average molecular weight is 428 g/mol. The fourth-order valence-electron chi connectivity index (χ4n) is 1.88. The van der Waals surface area contributed by atoms with Crippen LogP contribution in [0.3, 0.4) is 0 Å². The second-order valence-electron chi connectivity index (χ2n) is 5.00. The second kappa shape index (κ2) is 9.19. The summed E-state index contributed by atoms with van der Waals surface area (Å²) in [4.78, 5) is 17.4. The molecule has 0 radical (unpaired) electrons. The van der Waals surface area contributed by atoms with Gasteiger partial charge in [-0.05, 0) is 17.7 Å². The van der Waals surface area contributed by atoms with Gasteiger partial charge in [0, 0.05) is 14.1 Å². The molecular formula is C16H21IN4O2. The van der Waals surface area contributed by atoms with Crippen molar-refractivity contribution in [1.29, 1.82) is 0 Å². The maximum atomic E-state index is 11.0. The first kappa shape index (κ1) is 19.0. The summed E-state index contributed by atoms with van der Waals surface area (Å²) in [5, 5.41) is 3.19. The SMILES string of the molecule is CN(C)C(=NCc1ccccc1)NCc1ccc(C(N)=O)o1.I. The predicted molar refractivity (Wildman–Crippen MR) is 101 cm³/mol. The Labute approximate surface area is 152 Å². The van der Waals surface area contributed by atoms with Gasteiger partial charge in [-0.15, -0.1) is 24.0 Å². The highest BCUT2D eigenvalue weighted by Crippen LogP contribution is 2.07. The number of furan rings is 1. The van der Waals surface area contributed by atoms with Crippen molar-refractivity contribution in [3.63, 3.8) is 0 Å². The lowest BCUT2D eigenvalue weighted by molar-refractivity contribution is 0.0972. The summed E-state index contributed by atoms with van der Waals surface area (Å²) < 4.78 is 5.33. The minimum absolute atomic E-state index is 0. The number of hydrogen-bond donors (Lipinski definition) is 2. The van der Waals surface area contributed by atoms with Crippen molar-refractivity contribution in [2.24, 2.45) is 10.7 Å². The Morgan fingerprint density at radius 2 is 1.91 bits per heavy atom. The Morgan fingerprint density at radius 1 is 1.22 bits per heavy atom. The lowest BCUT2D eigenvalue weighted by Gasteiger charge is -2.17. The minimum atomic E-state index is -0.572. The normalized spacial score (nSPS) is 10.8. The van der Waals surface area contributed by atoms with Gasteiger partial charge in [0.2, 0.25) is 0 Å². The van der Waals surface area contributed by atoms with E-state index in [0.29, 0.717) is 18.8 Å². The monoisotopic (exact) mass is 428 g/mol. The number of carbonyl (C=O) groups excluding carboxylic acids is 1. The molecule has 124 valence electrons. The molecule has 3 N–H and O–H groups in total. The summed E-state index contributed by atoms with van der Waals surface area (Å²) in [5.74, 6) is 0.949. The van der Waals surface area contributed by atoms with Crippen LogP contribution in [0.1, 0.15) is 21.9 Å². The highest BCUT2D eigenvalue weighted by Gasteiger charge is 2.08. The van der Waals surface area contributed by atoms with Crippen molar-refractivity contribution in [2.45, 2.75) is 13.1 Å². The molecule has 1 aromatic carbocycles. The number of benzene rings is 1. The van der Waals surface area contributed by atoms with Crippen molar-refractivity contribution in [1.82, 2.24) is 10.2 Å². The van der Waals surface area contributed by atoms with Gasteiger partial charge in [-0.25, -0.2) is 4.99 Å². The zero-order valence-corrected chi connectivity index (χ0v) is 15.5. The maximum absolute atomic E-state index is 11.0. The maximum Gasteiger partial charge on any atom is 0.284 e. The van der Waals surface area contributed by atoms with E-state index >= 15 is 0 Å². The first-order valence-electron chi connectivity index (χ1n) is 6.94. The Bertz CT molecular complexity index is 653. The zero-order chi connectivity index (χ0) is 15.9. The molecule has 0 spiro atoms. The third-order valence-corrected chi connectivity index (χ3v) is 3.00. The summed E-state index contributed by atoms with van der Waals surface area (Å²) in [7, 11) is 3.82. The molecule has 1 heterocycles. The molecule has 0 aliphatic rings. The lowest BCUT2D eigenvalue weighted by Crippen LogP contribution is -2.35. The van der Waals surface area contributed by atoms with Crippen LogP contribution < -0.4 is 11.1 Å². The molecule has 0 saturated heterocycles. The summed E-state index contributed by atoms with van der Waals surface area (Å²) in [6.45, 7) is 1.02. The van der Waals surface area contributed by atoms with E-state index in [0.717, 1.165) is 11.5 Å². The van der Waals surface area contributed by atoms with E-state index < -0.39 is 5.91 Å². The topological polar surface area (TPSA) is 83.9 Å². The van der Waals surface area contributed by atoms with Crippen molar-refractivity contribution in [3.05, 3.63) is 59.5 Å². The second-order valence-corrected chi connectivity index (χ2v) is 5.00. The summed E-state index contributed by atoms with van der Waals surface area (Å²) >= 11 is 0. The number of hydrogen-bond acceptors (Lipinski definition) is 3. The van der Waals surface area contributed by atoms with Crippen LogP contribution in [0, 0.1) is 0 Å². The number of nitrogens with two attached hydrogens (primary N) is 1. The zero-order valence-electron chi connectivity index (χ0n) is 13.2. The third-order valence-electron chi connectivity index (χ3n) is 3.00. The molecule has 1 amide bonds. The lowest BCUT2D eigenvalue weighted by atomic mass is 10.2. The molecule has 6 nitrogen and oxygen atoms in total. The Balaban J connectivity index is 0.00000264. The summed E-state index contributed by atoms with van der Waals surface area (Å²) in [5.41, 5.74) is 6.30. The number of rotatable bonds is 5. The van der Waals surface area contributed by atoms with Crippen LogP contribution in [0.15, 0.2) is 51.9 Å². The van der Waals surface area contributed by atoms with Gasteiger partial charge >= 0.3 is 0 Å². The van der Waals surface area contributed by atoms with Crippen LogP contribution >= 0.6 is 24.0 Å². The van der Waals surface area contributed by atoms with Crippen molar-refractivity contribution in [3.8, 4) is 0 Å². The quantitative estimate of drug-likeness (QED) is 0.435. The van der Waals surface area contributed by atoms with E-state index in [9.17, 15) is 4.79 Å². The molecule has 23 heavy (non-hydrogen) atoms. The van der Waals surface area contributed by atoms with Crippen LogP contribution in [-0.4, -0.2) is 30.9 Å². The van der Waals surface area contributed by atoms with E-state index in [1.54, 1.807) is 12.1 Å². The molecule has 0 aliphatic carbocycles. The summed E-state index contributed by atoms with van der Waals surface area (Å²) in [6.07, 6.45) is 0. The minimum Gasteiger partial charge on any atom is -0.454 e. The molecule has 0 aliphatic heterocycles. The van der Waals surface area contributed by atoms with Crippen LogP contribution in [-0.2, 0) is 13.1 Å². The van der Waals surface area contributed by atoms with Crippen LogP contribution in [0.4, 0.5) is 0 Å². The molecule has 0 unspecified atom stereocenters. The van der Waals surface area contributed by atoms with Gasteiger partial charge < -0.3 is 20.4 Å². The van der Waals surface area contributed by atoms with E-state index in [-0.39, 0.29) is 29.7 Å². The molecule has 0 fully saturated rings. The van der Waals surface area contributed by atoms with Crippen LogP contribution in [0.2, 0.25) is 0 Å². The van der Waals surface area contributed by atoms with Crippen molar-refractivity contribution < 1.29 is 9.21 Å². The Hall–Kier alpha value is -2.03. The predicted octanol–water partition coefficient (Wildman–Crippen LogP) is 2.20. The van der Waals surface area contributed by atoms with Crippen LogP contribution in [0.5, 0.6) is 0 Å². The van der Waals surface area contributed by atoms with E-state index in [1.165, 1.54) is 0 Å². The smallest absolute Gasteiger partial charge is 0.284 e. The van der Waals surface area contributed by atoms with Gasteiger partial charge in [-0.2, -0.15) is 0 Å².